The second kappa shape index (κ2) is 5.71. The highest BCUT2D eigenvalue weighted by Crippen LogP contribution is 2.40. The first kappa shape index (κ1) is 14.7. The fourth-order valence-corrected chi connectivity index (χ4v) is 3.44. The van der Waals surface area contributed by atoms with Crippen LogP contribution in [0.3, 0.4) is 0 Å². The molecular formula is C18H23NO. The summed E-state index contributed by atoms with van der Waals surface area (Å²) in [6, 6.07) is 9.68. The molecule has 1 saturated carbocycles. The van der Waals surface area contributed by atoms with E-state index in [2.05, 4.69) is 33.4 Å². The Kier molecular flexibility index (Phi) is 4.18. The topological polar surface area (TPSA) is 33.0 Å². The molecule has 106 valence electrons. The quantitative estimate of drug-likeness (QED) is 0.741. The van der Waals surface area contributed by atoms with E-state index in [9.17, 15) is 0 Å². The Balaban J connectivity index is 2.10. The van der Waals surface area contributed by atoms with Gasteiger partial charge in [0, 0.05) is 5.56 Å². The minimum Gasteiger partial charge on any atom is -0.490 e. The molecule has 0 spiro atoms. The van der Waals surface area contributed by atoms with Gasteiger partial charge in [-0.3, -0.25) is 0 Å². The van der Waals surface area contributed by atoms with Crippen LogP contribution in [0.25, 0.3) is 5.76 Å². The van der Waals surface area contributed by atoms with Gasteiger partial charge in [-0.25, -0.2) is 0 Å². The summed E-state index contributed by atoms with van der Waals surface area (Å²) < 4.78 is 6.08. The average molecular weight is 269 g/mol. The third-order valence-corrected chi connectivity index (χ3v) is 4.00. The van der Waals surface area contributed by atoms with Crippen molar-refractivity contribution in [2.45, 2.75) is 46.1 Å². The molecule has 0 bridgehead atoms. The van der Waals surface area contributed by atoms with E-state index >= 15 is 0 Å². The van der Waals surface area contributed by atoms with Gasteiger partial charge in [0.05, 0.1) is 17.7 Å². The largest absolute Gasteiger partial charge is 0.490 e. The van der Waals surface area contributed by atoms with Crippen molar-refractivity contribution in [1.29, 1.82) is 5.26 Å². The Morgan fingerprint density at radius 2 is 2.05 bits per heavy atom. The lowest BCUT2D eigenvalue weighted by Crippen LogP contribution is -2.32. The highest BCUT2D eigenvalue weighted by molar-refractivity contribution is 5.64. The van der Waals surface area contributed by atoms with E-state index in [0.717, 1.165) is 18.4 Å². The standard InChI is InChI=1S/C18H23NO/c1-13-9-16(11-18(3,4)10-13)20-14(2)17-8-6-5-7-15(17)12-19/h5-8,13,16H,2,9-11H2,1,3-4H3. The Morgan fingerprint density at radius 1 is 1.35 bits per heavy atom. The van der Waals surface area contributed by atoms with Gasteiger partial charge in [0.2, 0.25) is 0 Å². The summed E-state index contributed by atoms with van der Waals surface area (Å²) in [5.74, 6) is 1.29. The van der Waals surface area contributed by atoms with Crippen LogP contribution >= 0.6 is 0 Å². The lowest BCUT2D eigenvalue weighted by molar-refractivity contribution is 0.0387. The van der Waals surface area contributed by atoms with Crippen LogP contribution in [0.15, 0.2) is 30.8 Å². The van der Waals surface area contributed by atoms with Gasteiger partial charge in [-0.2, -0.15) is 5.26 Å². The van der Waals surface area contributed by atoms with Crippen molar-refractivity contribution in [2.24, 2.45) is 11.3 Å². The van der Waals surface area contributed by atoms with Crippen molar-refractivity contribution < 1.29 is 4.74 Å². The van der Waals surface area contributed by atoms with Crippen molar-refractivity contribution in [3.05, 3.63) is 42.0 Å². The van der Waals surface area contributed by atoms with Crippen LogP contribution in [-0.2, 0) is 4.74 Å². The number of benzene rings is 1. The van der Waals surface area contributed by atoms with Crippen LogP contribution in [0.1, 0.15) is 51.2 Å². The number of hydrogen-bond acceptors (Lipinski definition) is 2. The molecule has 0 N–H and O–H groups in total. The molecule has 1 aliphatic rings. The predicted molar refractivity (Wildman–Crippen MR) is 81.9 cm³/mol. The maximum absolute atomic E-state index is 9.15. The maximum atomic E-state index is 9.15. The third-order valence-electron chi connectivity index (χ3n) is 4.00. The predicted octanol–water partition coefficient (Wildman–Crippen LogP) is 4.76. The zero-order chi connectivity index (χ0) is 14.8. The molecule has 0 saturated heterocycles. The van der Waals surface area contributed by atoms with Crippen molar-refractivity contribution in [3.8, 4) is 6.07 Å². The van der Waals surface area contributed by atoms with E-state index < -0.39 is 0 Å². The smallest absolute Gasteiger partial charge is 0.121 e. The molecule has 0 amide bonds. The van der Waals surface area contributed by atoms with Gasteiger partial charge in [-0.1, -0.05) is 39.5 Å². The van der Waals surface area contributed by atoms with Crippen LogP contribution < -0.4 is 0 Å². The van der Waals surface area contributed by atoms with Gasteiger partial charge in [-0.15, -0.1) is 0 Å². The SMILES string of the molecule is C=C(OC1CC(C)CC(C)(C)C1)c1ccccc1C#N. The number of nitriles is 1. The molecule has 2 unspecified atom stereocenters. The van der Waals surface area contributed by atoms with E-state index in [1.165, 1.54) is 6.42 Å². The fourth-order valence-electron chi connectivity index (χ4n) is 3.44. The molecule has 20 heavy (non-hydrogen) atoms. The van der Waals surface area contributed by atoms with Gasteiger partial charge in [0.1, 0.15) is 5.76 Å². The first-order valence-corrected chi connectivity index (χ1v) is 7.26. The minimum atomic E-state index is 0.202. The van der Waals surface area contributed by atoms with Crippen LogP contribution in [0.5, 0.6) is 0 Å². The molecule has 0 radical (unpaired) electrons. The molecule has 2 rings (SSSR count). The van der Waals surface area contributed by atoms with Gasteiger partial charge < -0.3 is 4.74 Å². The molecule has 1 aliphatic carbocycles. The minimum absolute atomic E-state index is 0.202. The van der Waals surface area contributed by atoms with Crippen LogP contribution in [0.2, 0.25) is 0 Å². The molecule has 0 heterocycles. The number of ether oxygens (including phenoxy) is 1. The van der Waals surface area contributed by atoms with Gasteiger partial charge in [0.15, 0.2) is 0 Å². The molecule has 1 aromatic carbocycles. The second-order valence-corrected chi connectivity index (χ2v) is 6.73. The van der Waals surface area contributed by atoms with Gasteiger partial charge >= 0.3 is 0 Å². The molecule has 2 atom stereocenters. The van der Waals surface area contributed by atoms with E-state index in [0.29, 0.717) is 22.7 Å². The zero-order valence-electron chi connectivity index (χ0n) is 12.6. The first-order chi connectivity index (χ1) is 9.41. The molecule has 2 nitrogen and oxygen atoms in total. The normalized spacial score (nSPS) is 24.7. The monoisotopic (exact) mass is 269 g/mol. The van der Waals surface area contributed by atoms with Crippen LogP contribution in [0, 0.1) is 22.7 Å². The molecule has 0 aliphatic heterocycles. The van der Waals surface area contributed by atoms with Gasteiger partial charge in [0.25, 0.3) is 0 Å². The summed E-state index contributed by atoms with van der Waals surface area (Å²) in [6.07, 6.45) is 3.56. The van der Waals surface area contributed by atoms with Crippen molar-refractivity contribution in [3.63, 3.8) is 0 Å². The van der Waals surface area contributed by atoms with Crippen molar-refractivity contribution in [2.75, 3.05) is 0 Å². The summed E-state index contributed by atoms with van der Waals surface area (Å²) in [4.78, 5) is 0. The Labute approximate surface area is 122 Å². The third kappa shape index (κ3) is 3.42. The Hall–Kier alpha value is -1.75. The highest BCUT2D eigenvalue weighted by atomic mass is 16.5. The Bertz CT molecular complexity index is 539. The molecule has 2 heteroatoms. The average Bonchev–Trinajstić information content (AvgIpc) is 2.36. The number of hydrogen-bond donors (Lipinski definition) is 0. The van der Waals surface area contributed by atoms with Gasteiger partial charge in [-0.05, 0) is 42.7 Å². The fraction of sp³-hybridized carbons (Fsp3) is 0.500. The maximum Gasteiger partial charge on any atom is 0.121 e. The highest BCUT2D eigenvalue weighted by Gasteiger charge is 2.33. The zero-order valence-corrected chi connectivity index (χ0v) is 12.6. The van der Waals surface area contributed by atoms with E-state index in [4.69, 9.17) is 10.00 Å². The van der Waals surface area contributed by atoms with E-state index in [1.807, 2.05) is 18.2 Å². The van der Waals surface area contributed by atoms with Crippen molar-refractivity contribution in [1.82, 2.24) is 0 Å². The lowest BCUT2D eigenvalue weighted by atomic mass is 9.71. The van der Waals surface area contributed by atoms with Crippen LogP contribution in [0.4, 0.5) is 0 Å². The summed E-state index contributed by atoms with van der Waals surface area (Å²) in [6.45, 7) is 10.9. The molecule has 1 fully saturated rings. The van der Waals surface area contributed by atoms with E-state index in [-0.39, 0.29) is 6.10 Å². The number of rotatable bonds is 3. The summed E-state index contributed by atoms with van der Waals surface area (Å²) in [5.41, 5.74) is 1.75. The molecule has 1 aromatic rings. The molecular weight excluding hydrogens is 246 g/mol. The number of nitrogens with zero attached hydrogens (tertiary/aromatic N) is 1. The summed E-state index contributed by atoms with van der Waals surface area (Å²) in [7, 11) is 0. The van der Waals surface area contributed by atoms with Crippen LogP contribution in [-0.4, -0.2) is 6.10 Å². The lowest BCUT2D eigenvalue weighted by Gasteiger charge is -2.39. The summed E-state index contributed by atoms with van der Waals surface area (Å²) in [5, 5.41) is 9.15. The van der Waals surface area contributed by atoms with Crippen molar-refractivity contribution >= 4 is 5.76 Å². The van der Waals surface area contributed by atoms with E-state index in [1.54, 1.807) is 6.07 Å². The Morgan fingerprint density at radius 3 is 2.70 bits per heavy atom. The second-order valence-electron chi connectivity index (χ2n) is 6.73. The first-order valence-electron chi connectivity index (χ1n) is 7.26. The molecule has 0 aromatic heterocycles. The summed E-state index contributed by atoms with van der Waals surface area (Å²) >= 11 is 0.